The van der Waals surface area contributed by atoms with Crippen molar-refractivity contribution in [2.24, 2.45) is 11.8 Å². The first-order valence-electron chi connectivity index (χ1n) is 5.86. The van der Waals surface area contributed by atoms with Gasteiger partial charge in [0.1, 0.15) is 6.10 Å². The quantitative estimate of drug-likeness (QED) is 0.434. The summed E-state index contributed by atoms with van der Waals surface area (Å²) in [7, 11) is 0.620. The molecule has 1 fully saturated rings. The predicted octanol–water partition coefficient (Wildman–Crippen LogP) is 2.03. The Bertz CT molecular complexity index is 275. The van der Waals surface area contributed by atoms with Crippen LogP contribution in [0.2, 0.25) is 6.55 Å². The first-order chi connectivity index (χ1) is 7.74. The molecule has 16 heavy (non-hydrogen) atoms. The van der Waals surface area contributed by atoms with E-state index in [-0.39, 0.29) is 0 Å². The van der Waals surface area contributed by atoms with Crippen LogP contribution in [0, 0.1) is 23.7 Å². The first-order valence-corrected chi connectivity index (χ1v) is 7.27. The molecule has 0 bridgehead atoms. The maximum Gasteiger partial charge on any atom is 0.226 e. The molecular formula is C13H20O2Si. The van der Waals surface area contributed by atoms with E-state index in [1.54, 1.807) is 6.92 Å². The van der Waals surface area contributed by atoms with Crippen LogP contribution in [0.15, 0.2) is 12.2 Å². The number of hydrogen-bond donors (Lipinski definition) is 1. The minimum atomic E-state index is -0.523. The largest absolute Gasteiger partial charge is 0.418 e. The standard InChI is InChI=1S/C13H20O2Si/c1-11(14)6-4-3-5-7-12-10-13(12)8-9-15-16-2/h3,5,11-14H,7-10H2,1-2H3/b5-3-/t11?,12-,13-/m1/s1. The van der Waals surface area contributed by atoms with Crippen molar-refractivity contribution in [2.45, 2.75) is 38.8 Å². The average molecular weight is 236 g/mol. The number of aliphatic hydroxyl groups excluding tert-OH is 1. The summed E-state index contributed by atoms with van der Waals surface area (Å²) in [6.45, 7) is 4.65. The Labute approximate surface area is 101 Å². The van der Waals surface area contributed by atoms with E-state index in [0.29, 0.717) is 9.76 Å². The van der Waals surface area contributed by atoms with Crippen LogP contribution in [-0.2, 0) is 4.43 Å². The summed E-state index contributed by atoms with van der Waals surface area (Å²) >= 11 is 0. The van der Waals surface area contributed by atoms with E-state index in [1.165, 1.54) is 12.8 Å². The summed E-state index contributed by atoms with van der Waals surface area (Å²) in [6, 6.07) is 0. The fourth-order valence-corrected chi connectivity index (χ4v) is 2.06. The minimum absolute atomic E-state index is 0.523. The molecule has 2 nitrogen and oxygen atoms in total. The Morgan fingerprint density at radius 2 is 2.38 bits per heavy atom. The van der Waals surface area contributed by atoms with Gasteiger partial charge in [0.15, 0.2) is 0 Å². The summed E-state index contributed by atoms with van der Waals surface area (Å²) in [4.78, 5) is 0. The van der Waals surface area contributed by atoms with Crippen molar-refractivity contribution in [1.29, 1.82) is 0 Å². The molecule has 0 aromatic carbocycles. The molecule has 0 saturated heterocycles. The third kappa shape index (κ3) is 6.11. The third-order valence-corrected chi connectivity index (χ3v) is 3.23. The molecule has 3 heteroatoms. The van der Waals surface area contributed by atoms with Gasteiger partial charge >= 0.3 is 0 Å². The van der Waals surface area contributed by atoms with Gasteiger partial charge in [0, 0.05) is 6.61 Å². The number of allylic oxidation sites excluding steroid dienone is 2. The molecule has 3 atom stereocenters. The van der Waals surface area contributed by atoms with Gasteiger partial charge in [-0.05, 0) is 50.6 Å². The van der Waals surface area contributed by atoms with E-state index in [4.69, 9.17) is 9.53 Å². The molecule has 0 heterocycles. The van der Waals surface area contributed by atoms with E-state index in [1.807, 2.05) is 6.08 Å². The van der Waals surface area contributed by atoms with Crippen LogP contribution >= 0.6 is 0 Å². The van der Waals surface area contributed by atoms with Gasteiger partial charge in [0.05, 0.1) is 0 Å². The van der Waals surface area contributed by atoms with Gasteiger partial charge < -0.3 is 9.53 Å². The Balaban J connectivity index is 2.02. The Hall–Kier alpha value is -0.563. The van der Waals surface area contributed by atoms with Crippen molar-refractivity contribution in [2.75, 3.05) is 6.61 Å². The van der Waals surface area contributed by atoms with Gasteiger partial charge in [-0.3, -0.25) is 0 Å². The van der Waals surface area contributed by atoms with Crippen LogP contribution in [0.25, 0.3) is 0 Å². The van der Waals surface area contributed by atoms with Crippen molar-refractivity contribution < 1.29 is 9.53 Å². The molecule has 1 saturated carbocycles. The zero-order valence-corrected chi connectivity index (χ0v) is 11.1. The molecule has 2 radical (unpaired) electrons. The highest BCUT2D eigenvalue weighted by Crippen LogP contribution is 2.43. The Kier molecular flexibility index (Phi) is 6.47. The van der Waals surface area contributed by atoms with Crippen LogP contribution < -0.4 is 0 Å². The summed E-state index contributed by atoms with van der Waals surface area (Å²) in [5, 5.41) is 8.92. The fraction of sp³-hybridized carbons (Fsp3) is 0.692. The Morgan fingerprint density at radius 1 is 1.56 bits per heavy atom. The molecule has 88 valence electrons. The molecular weight excluding hydrogens is 216 g/mol. The third-order valence-electron chi connectivity index (χ3n) is 2.74. The zero-order valence-electron chi connectivity index (χ0n) is 10.1. The van der Waals surface area contributed by atoms with Crippen LogP contribution in [0.4, 0.5) is 0 Å². The van der Waals surface area contributed by atoms with Crippen LogP contribution in [-0.4, -0.2) is 27.6 Å². The lowest BCUT2D eigenvalue weighted by atomic mass is 10.2. The molecule has 1 aliphatic carbocycles. The second-order valence-electron chi connectivity index (χ2n) is 4.20. The van der Waals surface area contributed by atoms with Crippen LogP contribution in [0.1, 0.15) is 26.2 Å². The number of rotatable bonds is 6. The monoisotopic (exact) mass is 236 g/mol. The molecule has 0 aliphatic heterocycles. The SMILES string of the molecule is C[Si]OCC[C@@H]1C[C@H]1C/C=C\C#CC(C)O. The lowest BCUT2D eigenvalue weighted by Crippen LogP contribution is -1.97. The topological polar surface area (TPSA) is 29.5 Å². The number of aliphatic hydroxyl groups is 1. The van der Waals surface area contributed by atoms with E-state index in [0.717, 1.165) is 24.9 Å². The van der Waals surface area contributed by atoms with Crippen molar-refractivity contribution in [1.82, 2.24) is 0 Å². The second kappa shape index (κ2) is 7.67. The van der Waals surface area contributed by atoms with Gasteiger partial charge in [-0.15, -0.1) is 0 Å². The van der Waals surface area contributed by atoms with E-state index in [9.17, 15) is 0 Å². The maximum atomic E-state index is 8.92. The second-order valence-corrected chi connectivity index (χ2v) is 4.90. The first kappa shape index (κ1) is 13.5. The van der Waals surface area contributed by atoms with Crippen LogP contribution in [0.5, 0.6) is 0 Å². The highest BCUT2D eigenvalue weighted by Gasteiger charge is 2.34. The molecule has 0 spiro atoms. The molecule has 1 rings (SSSR count). The van der Waals surface area contributed by atoms with Crippen molar-refractivity contribution >= 4 is 9.76 Å². The lowest BCUT2D eigenvalue weighted by Gasteiger charge is -1.98. The molecule has 0 aromatic heterocycles. The van der Waals surface area contributed by atoms with E-state index < -0.39 is 6.10 Å². The van der Waals surface area contributed by atoms with E-state index >= 15 is 0 Å². The maximum absolute atomic E-state index is 8.92. The smallest absolute Gasteiger partial charge is 0.226 e. The molecule has 1 unspecified atom stereocenters. The number of hydrogen-bond acceptors (Lipinski definition) is 2. The van der Waals surface area contributed by atoms with Gasteiger partial charge in [-0.25, -0.2) is 0 Å². The fourth-order valence-electron chi connectivity index (χ4n) is 1.74. The molecule has 0 aromatic rings. The highest BCUT2D eigenvalue weighted by atomic mass is 28.2. The molecule has 1 N–H and O–H groups in total. The highest BCUT2D eigenvalue weighted by molar-refractivity contribution is 6.24. The minimum Gasteiger partial charge on any atom is -0.418 e. The molecule has 0 amide bonds. The summed E-state index contributed by atoms with van der Waals surface area (Å²) in [5.74, 6) is 7.23. The van der Waals surface area contributed by atoms with Gasteiger partial charge in [0.25, 0.3) is 0 Å². The van der Waals surface area contributed by atoms with Gasteiger partial charge in [-0.1, -0.05) is 17.9 Å². The molecule has 1 aliphatic rings. The van der Waals surface area contributed by atoms with Gasteiger partial charge in [-0.2, -0.15) is 0 Å². The van der Waals surface area contributed by atoms with Crippen molar-refractivity contribution in [3.63, 3.8) is 0 Å². The van der Waals surface area contributed by atoms with Crippen molar-refractivity contribution in [3.05, 3.63) is 12.2 Å². The summed E-state index contributed by atoms with van der Waals surface area (Å²) in [6.07, 6.45) is 7.11. The van der Waals surface area contributed by atoms with Gasteiger partial charge in [0.2, 0.25) is 9.76 Å². The zero-order chi connectivity index (χ0) is 11.8. The lowest BCUT2D eigenvalue weighted by molar-refractivity contribution is 0.253. The van der Waals surface area contributed by atoms with Crippen molar-refractivity contribution in [3.8, 4) is 11.8 Å². The Morgan fingerprint density at radius 3 is 3.06 bits per heavy atom. The normalized spacial score (nSPS) is 25.2. The van der Waals surface area contributed by atoms with E-state index in [2.05, 4.69) is 24.5 Å². The summed E-state index contributed by atoms with van der Waals surface area (Å²) < 4.78 is 5.36. The average Bonchev–Trinajstić information content (AvgIpc) is 2.96. The summed E-state index contributed by atoms with van der Waals surface area (Å²) in [5.41, 5.74) is 0. The van der Waals surface area contributed by atoms with Crippen LogP contribution in [0.3, 0.4) is 0 Å². The predicted molar refractivity (Wildman–Crippen MR) is 67.0 cm³/mol.